The van der Waals surface area contributed by atoms with Crippen molar-refractivity contribution in [1.82, 2.24) is 5.32 Å². The van der Waals surface area contributed by atoms with Crippen LogP contribution in [0.1, 0.15) is 18.1 Å². The average Bonchev–Trinajstić information content (AvgIpc) is 2.34. The summed E-state index contributed by atoms with van der Waals surface area (Å²) in [7, 11) is -3.35. The molecule has 0 aliphatic carbocycles. The molecule has 0 bridgehead atoms. The van der Waals surface area contributed by atoms with Gasteiger partial charge in [-0.25, -0.2) is 8.42 Å². The second-order valence-electron chi connectivity index (χ2n) is 4.21. The SMILES string of the molecule is CC(C(=O)NCc1cccc(CN)c1)S(C)(=O)=O. The van der Waals surface area contributed by atoms with Crippen LogP contribution < -0.4 is 11.1 Å². The fourth-order valence-electron chi connectivity index (χ4n) is 1.39. The van der Waals surface area contributed by atoms with Crippen LogP contribution in [-0.2, 0) is 27.7 Å². The molecule has 1 atom stereocenters. The van der Waals surface area contributed by atoms with Gasteiger partial charge in [-0.05, 0) is 18.1 Å². The van der Waals surface area contributed by atoms with E-state index in [0.29, 0.717) is 13.1 Å². The molecule has 0 saturated heterocycles. The molecule has 0 aliphatic rings. The minimum absolute atomic E-state index is 0.298. The molecular formula is C12H18N2O3S. The molecule has 5 nitrogen and oxygen atoms in total. The summed E-state index contributed by atoms with van der Waals surface area (Å²) in [6.07, 6.45) is 1.05. The first-order valence-corrected chi connectivity index (χ1v) is 7.54. The summed E-state index contributed by atoms with van der Waals surface area (Å²) in [6.45, 7) is 2.11. The number of rotatable bonds is 5. The number of hydrogen-bond donors (Lipinski definition) is 2. The van der Waals surface area contributed by atoms with E-state index >= 15 is 0 Å². The lowest BCUT2D eigenvalue weighted by atomic mass is 10.1. The molecule has 3 N–H and O–H groups in total. The number of carbonyl (C=O) groups is 1. The van der Waals surface area contributed by atoms with Gasteiger partial charge in [-0.1, -0.05) is 24.3 Å². The zero-order chi connectivity index (χ0) is 13.8. The molecule has 0 fully saturated rings. The minimum atomic E-state index is -3.35. The van der Waals surface area contributed by atoms with Crippen molar-refractivity contribution in [1.29, 1.82) is 0 Å². The Hall–Kier alpha value is -1.40. The first kappa shape index (κ1) is 14.7. The van der Waals surface area contributed by atoms with Gasteiger partial charge < -0.3 is 11.1 Å². The van der Waals surface area contributed by atoms with Crippen molar-refractivity contribution < 1.29 is 13.2 Å². The van der Waals surface area contributed by atoms with Crippen molar-refractivity contribution in [3.63, 3.8) is 0 Å². The number of sulfone groups is 1. The normalized spacial score (nSPS) is 13.1. The molecule has 1 unspecified atom stereocenters. The number of nitrogens with one attached hydrogen (secondary N) is 1. The summed E-state index contributed by atoms with van der Waals surface area (Å²) < 4.78 is 22.4. The summed E-state index contributed by atoms with van der Waals surface area (Å²) in [5.41, 5.74) is 7.38. The van der Waals surface area contributed by atoms with Gasteiger partial charge in [0.25, 0.3) is 0 Å². The minimum Gasteiger partial charge on any atom is -0.351 e. The summed E-state index contributed by atoms with van der Waals surface area (Å²) in [5.74, 6) is -0.490. The molecule has 1 aromatic carbocycles. The maximum Gasteiger partial charge on any atom is 0.238 e. The Kier molecular flexibility index (Phi) is 4.86. The van der Waals surface area contributed by atoms with Gasteiger partial charge in [0.05, 0.1) is 0 Å². The third-order valence-electron chi connectivity index (χ3n) is 2.71. The average molecular weight is 270 g/mol. The summed E-state index contributed by atoms with van der Waals surface area (Å²) >= 11 is 0. The van der Waals surface area contributed by atoms with Crippen molar-refractivity contribution in [2.24, 2.45) is 5.73 Å². The van der Waals surface area contributed by atoms with Crippen LogP contribution in [0, 0.1) is 0 Å². The molecule has 0 aliphatic heterocycles. The second kappa shape index (κ2) is 5.97. The summed E-state index contributed by atoms with van der Waals surface area (Å²) in [4.78, 5) is 11.6. The lowest BCUT2D eigenvalue weighted by Crippen LogP contribution is -2.37. The van der Waals surface area contributed by atoms with Gasteiger partial charge in [0.1, 0.15) is 5.25 Å². The lowest BCUT2D eigenvalue weighted by molar-refractivity contribution is -0.120. The fourth-order valence-corrected chi connectivity index (χ4v) is 1.87. The Bertz CT molecular complexity index is 526. The number of amides is 1. The zero-order valence-corrected chi connectivity index (χ0v) is 11.3. The molecular weight excluding hydrogens is 252 g/mol. The molecule has 1 amide bonds. The first-order valence-electron chi connectivity index (χ1n) is 5.59. The zero-order valence-electron chi connectivity index (χ0n) is 10.5. The highest BCUT2D eigenvalue weighted by Crippen LogP contribution is 2.05. The summed E-state index contributed by atoms with van der Waals surface area (Å²) in [5, 5.41) is 1.57. The summed E-state index contributed by atoms with van der Waals surface area (Å²) in [6, 6.07) is 7.48. The van der Waals surface area contributed by atoms with E-state index < -0.39 is 21.0 Å². The van der Waals surface area contributed by atoms with Crippen LogP contribution >= 0.6 is 0 Å². The number of nitrogens with two attached hydrogens (primary N) is 1. The molecule has 0 spiro atoms. The van der Waals surface area contributed by atoms with E-state index in [1.54, 1.807) is 0 Å². The molecule has 0 saturated carbocycles. The molecule has 0 radical (unpaired) electrons. The van der Waals surface area contributed by atoms with Crippen molar-refractivity contribution in [3.05, 3.63) is 35.4 Å². The van der Waals surface area contributed by atoms with Crippen molar-refractivity contribution in [2.45, 2.75) is 25.3 Å². The topological polar surface area (TPSA) is 89.3 Å². The highest BCUT2D eigenvalue weighted by Gasteiger charge is 2.22. The molecule has 6 heteroatoms. The first-order chi connectivity index (χ1) is 8.34. The third kappa shape index (κ3) is 4.12. The monoisotopic (exact) mass is 270 g/mol. The maximum absolute atomic E-state index is 11.6. The fraction of sp³-hybridized carbons (Fsp3) is 0.417. The van der Waals surface area contributed by atoms with Gasteiger partial charge in [-0.3, -0.25) is 4.79 Å². The second-order valence-corrected chi connectivity index (χ2v) is 6.58. The van der Waals surface area contributed by atoms with E-state index in [4.69, 9.17) is 5.73 Å². The number of hydrogen-bond acceptors (Lipinski definition) is 4. The van der Waals surface area contributed by atoms with Crippen LogP contribution in [0.15, 0.2) is 24.3 Å². The standard InChI is InChI=1S/C12H18N2O3S/c1-9(18(2,16)17)12(15)14-8-11-5-3-4-10(6-11)7-13/h3-6,9H,7-8,13H2,1-2H3,(H,14,15). The third-order valence-corrected chi connectivity index (χ3v) is 4.20. The van der Waals surface area contributed by atoms with Gasteiger partial charge in [0.2, 0.25) is 5.91 Å². The molecule has 18 heavy (non-hydrogen) atoms. The van der Waals surface area contributed by atoms with E-state index in [0.717, 1.165) is 17.4 Å². The van der Waals surface area contributed by atoms with Crippen molar-refractivity contribution in [3.8, 4) is 0 Å². The van der Waals surface area contributed by atoms with E-state index in [2.05, 4.69) is 5.32 Å². The van der Waals surface area contributed by atoms with Gasteiger partial charge in [0.15, 0.2) is 9.84 Å². The van der Waals surface area contributed by atoms with E-state index in [1.807, 2.05) is 24.3 Å². The number of carbonyl (C=O) groups excluding carboxylic acids is 1. The van der Waals surface area contributed by atoms with Crippen LogP contribution in [0.4, 0.5) is 0 Å². The Labute approximate surface area is 107 Å². The Morgan fingerprint density at radius 2 is 2.00 bits per heavy atom. The molecule has 1 aromatic rings. The van der Waals surface area contributed by atoms with Gasteiger partial charge in [-0.2, -0.15) is 0 Å². The highest BCUT2D eigenvalue weighted by molar-refractivity contribution is 7.92. The molecule has 100 valence electrons. The van der Waals surface area contributed by atoms with Crippen molar-refractivity contribution in [2.75, 3.05) is 6.26 Å². The van der Waals surface area contributed by atoms with Crippen LogP contribution in [0.5, 0.6) is 0 Å². The molecule has 0 aromatic heterocycles. The van der Waals surface area contributed by atoms with Crippen molar-refractivity contribution >= 4 is 15.7 Å². The Morgan fingerprint density at radius 1 is 1.39 bits per heavy atom. The van der Waals surface area contributed by atoms with E-state index in [-0.39, 0.29) is 0 Å². The van der Waals surface area contributed by atoms with E-state index in [1.165, 1.54) is 6.92 Å². The molecule has 1 rings (SSSR count). The van der Waals surface area contributed by atoms with Crippen LogP contribution in [0.3, 0.4) is 0 Å². The van der Waals surface area contributed by atoms with Gasteiger partial charge in [0, 0.05) is 19.3 Å². The Morgan fingerprint density at radius 3 is 2.56 bits per heavy atom. The number of benzene rings is 1. The highest BCUT2D eigenvalue weighted by atomic mass is 32.2. The Balaban J connectivity index is 2.63. The molecule has 0 heterocycles. The lowest BCUT2D eigenvalue weighted by Gasteiger charge is -2.11. The largest absolute Gasteiger partial charge is 0.351 e. The maximum atomic E-state index is 11.6. The van der Waals surface area contributed by atoms with E-state index in [9.17, 15) is 13.2 Å². The van der Waals surface area contributed by atoms with Crippen LogP contribution in [0.2, 0.25) is 0 Å². The van der Waals surface area contributed by atoms with Crippen LogP contribution in [-0.4, -0.2) is 25.8 Å². The predicted molar refractivity (Wildman–Crippen MR) is 70.5 cm³/mol. The predicted octanol–water partition coefficient (Wildman–Crippen LogP) is 0.195. The smallest absolute Gasteiger partial charge is 0.238 e. The van der Waals surface area contributed by atoms with Gasteiger partial charge in [-0.15, -0.1) is 0 Å². The quantitative estimate of drug-likeness (QED) is 0.799. The van der Waals surface area contributed by atoms with Crippen LogP contribution in [0.25, 0.3) is 0 Å². The van der Waals surface area contributed by atoms with Gasteiger partial charge >= 0.3 is 0 Å².